The Hall–Kier alpha value is -1.48. The molecule has 2 rings (SSSR count). The molecule has 0 spiro atoms. The van der Waals surface area contributed by atoms with Gasteiger partial charge in [0.05, 0.1) is 0 Å². The monoisotopic (exact) mass is 236 g/mol. The Morgan fingerprint density at radius 3 is 3.06 bits per heavy atom. The van der Waals surface area contributed by atoms with Crippen molar-refractivity contribution in [2.45, 2.75) is 12.8 Å². The molecule has 4 heteroatoms. The molecule has 0 aliphatic carbocycles. The van der Waals surface area contributed by atoms with Crippen molar-refractivity contribution in [2.24, 2.45) is 0 Å². The van der Waals surface area contributed by atoms with Gasteiger partial charge >= 0.3 is 0 Å². The fourth-order valence-electron chi connectivity index (χ4n) is 1.58. The predicted molar refractivity (Wildman–Crippen MR) is 66.9 cm³/mol. The van der Waals surface area contributed by atoms with Crippen LogP contribution in [0.25, 0.3) is 10.9 Å². The predicted octanol–water partition coefficient (Wildman–Crippen LogP) is 3.13. The first kappa shape index (κ1) is 11.0. The summed E-state index contributed by atoms with van der Waals surface area (Å²) in [6, 6.07) is 7.76. The molecule has 1 aromatic carbocycles. The molecule has 0 atom stereocenters. The van der Waals surface area contributed by atoms with Crippen molar-refractivity contribution >= 4 is 34.1 Å². The van der Waals surface area contributed by atoms with E-state index in [0.717, 1.165) is 16.6 Å². The van der Waals surface area contributed by atoms with Gasteiger partial charge in [-0.05, 0) is 30.7 Å². The van der Waals surface area contributed by atoms with E-state index in [9.17, 15) is 4.79 Å². The van der Waals surface area contributed by atoms with Crippen LogP contribution in [0.15, 0.2) is 30.5 Å². The van der Waals surface area contributed by atoms with Gasteiger partial charge in [-0.2, -0.15) is 0 Å². The zero-order valence-electron chi connectivity index (χ0n) is 8.79. The van der Waals surface area contributed by atoms with Crippen LogP contribution in [-0.2, 0) is 4.79 Å². The molecule has 0 unspecified atom stereocenters. The zero-order valence-corrected chi connectivity index (χ0v) is 9.55. The van der Waals surface area contributed by atoms with E-state index in [2.05, 4.69) is 10.3 Å². The van der Waals surface area contributed by atoms with Crippen molar-refractivity contribution in [1.82, 2.24) is 4.98 Å². The third-order valence-electron chi connectivity index (χ3n) is 2.37. The van der Waals surface area contributed by atoms with Crippen molar-refractivity contribution in [1.29, 1.82) is 0 Å². The molecule has 0 saturated heterocycles. The highest BCUT2D eigenvalue weighted by molar-refractivity contribution is 6.18. The smallest absolute Gasteiger partial charge is 0.224 e. The second-order valence-electron chi connectivity index (χ2n) is 3.62. The third-order valence-corrected chi connectivity index (χ3v) is 2.64. The summed E-state index contributed by atoms with van der Waals surface area (Å²) in [4.78, 5) is 14.6. The summed E-state index contributed by atoms with van der Waals surface area (Å²) < 4.78 is 0. The number of rotatable bonds is 4. The maximum absolute atomic E-state index is 11.5. The Morgan fingerprint density at radius 1 is 1.38 bits per heavy atom. The topological polar surface area (TPSA) is 44.9 Å². The summed E-state index contributed by atoms with van der Waals surface area (Å²) in [5, 5.41) is 3.94. The SMILES string of the molecule is O=C(CCCCl)Nc1ccc2[nH]ccc2c1. The highest BCUT2D eigenvalue weighted by Crippen LogP contribution is 2.17. The molecule has 16 heavy (non-hydrogen) atoms. The van der Waals surface area contributed by atoms with E-state index in [1.165, 1.54) is 0 Å². The Labute approximate surface area is 98.8 Å². The van der Waals surface area contributed by atoms with Crippen LogP contribution in [0.2, 0.25) is 0 Å². The lowest BCUT2D eigenvalue weighted by Crippen LogP contribution is -2.11. The summed E-state index contributed by atoms with van der Waals surface area (Å²) in [5.41, 5.74) is 1.89. The van der Waals surface area contributed by atoms with Crippen molar-refractivity contribution in [3.63, 3.8) is 0 Å². The first-order valence-corrected chi connectivity index (χ1v) is 5.76. The average Bonchev–Trinajstić information content (AvgIpc) is 2.73. The third kappa shape index (κ3) is 2.55. The maximum atomic E-state index is 11.5. The lowest BCUT2D eigenvalue weighted by Gasteiger charge is -2.04. The second-order valence-corrected chi connectivity index (χ2v) is 4.00. The number of alkyl halides is 1. The van der Waals surface area contributed by atoms with E-state index in [1.807, 2.05) is 30.5 Å². The normalized spacial score (nSPS) is 10.6. The highest BCUT2D eigenvalue weighted by Gasteiger charge is 2.02. The van der Waals surface area contributed by atoms with Crippen LogP contribution in [0, 0.1) is 0 Å². The number of carbonyl (C=O) groups excluding carboxylic acids is 1. The van der Waals surface area contributed by atoms with Gasteiger partial charge in [-0.15, -0.1) is 11.6 Å². The van der Waals surface area contributed by atoms with Gasteiger partial charge < -0.3 is 10.3 Å². The van der Waals surface area contributed by atoms with E-state index in [0.29, 0.717) is 18.7 Å². The minimum Gasteiger partial charge on any atom is -0.361 e. The number of hydrogen-bond donors (Lipinski definition) is 2. The van der Waals surface area contributed by atoms with Crippen molar-refractivity contribution in [2.75, 3.05) is 11.2 Å². The molecule has 0 saturated carbocycles. The fourth-order valence-corrected chi connectivity index (χ4v) is 1.72. The number of carbonyl (C=O) groups is 1. The molecule has 1 heterocycles. The van der Waals surface area contributed by atoms with Gasteiger partial charge in [0.1, 0.15) is 0 Å². The molecule has 2 aromatic rings. The van der Waals surface area contributed by atoms with Crippen LogP contribution < -0.4 is 5.32 Å². The van der Waals surface area contributed by atoms with E-state index in [1.54, 1.807) is 0 Å². The molecular formula is C12H13ClN2O. The van der Waals surface area contributed by atoms with Gasteiger partial charge in [0.15, 0.2) is 0 Å². The number of nitrogens with one attached hydrogen (secondary N) is 2. The zero-order chi connectivity index (χ0) is 11.4. The lowest BCUT2D eigenvalue weighted by atomic mass is 10.2. The Morgan fingerprint density at radius 2 is 2.25 bits per heavy atom. The van der Waals surface area contributed by atoms with E-state index < -0.39 is 0 Å². The largest absolute Gasteiger partial charge is 0.361 e. The molecule has 0 radical (unpaired) electrons. The fraction of sp³-hybridized carbons (Fsp3) is 0.250. The molecular weight excluding hydrogens is 224 g/mol. The molecule has 0 fully saturated rings. The van der Waals surface area contributed by atoms with Crippen molar-refractivity contribution < 1.29 is 4.79 Å². The summed E-state index contributed by atoms with van der Waals surface area (Å²) >= 11 is 5.53. The second kappa shape index (κ2) is 5.03. The minimum absolute atomic E-state index is 0.00976. The number of H-pyrrole nitrogens is 1. The van der Waals surface area contributed by atoms with Crippen LogP contribution in [0.3, 0.4) is 0 Å². The molecule has 1 amide bonds. The number of benzene rings is 1. The molecule has 1 aromatic heterocycles. The Balaban J connectivity index is 2.06. The Bertz CT molecular complexity index is 492. The minimum atomic E-state index is 0.00976. The summed E-state index contributed by atoms with van der Waals surface area (Å²) in [6.45, 7) is 0. The molecule has 84 valence electrons. The highest BCUT2D eigenvalue weighted by atomic mass is 35.5. The van der Waals surface area contributed by atoms with Crippen LogP contribution in [-0.4, -0.2) is 16.8 Å². The maximum Gasteiger partial charge on any atom is 0.224 e. The molecule has 0 aliphatic heterocycles. The molecule has 0 aliphatic rings. The number of aromatic amines is 1. The van der Waals surface area contributed by atoms with E-state index >= 15 is 0 Å². The van der Waals surface area contributed by atoms with Crippen LogP contribution in [0.1, 0.15) is 12.8 Å². The van der Waals surface area contributed by atoms with Gasteiger partial charge in [-0.1, -0.05) is 0 Å². The summed E-state index contributed by atoms with van der Waals surface area (Å²) in [6.07, 6.45) is 3.05. The number of aromatic nitrogens is 1. The first-order chi connectivity index (χ1) is 7.79. The standard InChI is InChI=1S/C12H13ClN2O/c13-6-1-2-12(16)15-10-3-4-11-9(8-10)5-7-14-11/h3-5,7-8,14H,1-2,6H2,(H,15,16). The van der Waals surface area contributed by atoms with Gasteiger partial charge in [-0.25, -0.2) is 0 Å². The number of hydrogen-bond acceptors (Lipinski definition) is 1. The summed E-state index contributed by atoms with van der Waals surface area (Å²) in [5.74, 6) is 0.528. The molecule has 2 N–H and O–H groups in total. The number of fused-ring (bicyclic) bond motifs is 1. The van der Waals surface area contributed by atoms with Gasteiger partial charge in [0.2, 0.25) is 5.91 Å². The van der Waals surface area contributed by atoms with Crippen LogP contribution >= 0.6 is 11.6 Å². The van der Waals surface area contributed by atoms with Gasteiger partial charge in [0, 0.05) is 35.1 Å². The van der Waals surface area contributed by atoms with E-state index in [-0.39, 0.29) is 5.91 Å². The lowest BCUT2D eigenvalue weighted by molar-refractivity contribution is -0.116. The Kier molecular flexibility index (Phi) is 3.47. The average molecular weight is 237 g/mol. The molecule has 3 nitrogen and oxygen atoms in total. The number of amides is 1. The van der Waals surface area contributed by atoms with Crippen molar-refractivity contribution in [3.8, 4) is 0 Å². The van der Waals surface area contributed by atoms with Gasteiger partial charge in [-0.3, -0.25) is 4.79 Å². The molecule has 0 bridgehead atoms. The first-order valence-electron chi connectivity index (χ1n) is 5.22. The summed E-state index contributed by atoms with van der Waals surface area (Å²) in [7, 11) is 0. The number of halogens is 1. The van der Waals surface area contributed by atoms with Crippen LogP contribution in [0.4, 0.5) is 5.69 Å². The number of anilines is 1. The quantitative estimate of drug-likeness (QED) is 0.788. The van der Waals surface area contributed by atoms with Crippen molar-refractivity contribution in [3.05, 3.63) is 30.5 Å². The van der Waals surface area contributed by atoms with Crippen LogP contribution in [0.5, 0.6) is 0 Å². The van der Waals surface area contributed by atoms with Gasteiger partial charge in [0.25, 0.3) is 0 Å². The van der Waals surface area contributed by atoms with E-state index in [4.69, 9.17) is 11.6 Å².